The summed E-state index contributed by atoms with van der Waals surface area (Å²) < 4.78 is 0. The van der Waals surface area contributed by atoms with Gasteiger partial charge < -0.3 is 16.0 Å². The third kappa shape index (κ3) is 2.23. The SMILES string of the molecule is CC#CCNC(=O)c1cc2cccc(N)c2[nH]1. The minimum absolute atomic E-state index is 0.177. The van der Waals surface area contributed by atoms with E-state index >= 15 is 0 Å². The fourth-order valence-corrected chi connectivity index (χ4v) is 1.61. The Bertz CT molecular complexity index is 616. The topological polar surface area (TPSA) is 70.9 Å². The highest BCUT2D eigenvalue weighted by molar-refractivity contribution is 6.00. The number of aromatic nitrogens is 1. The largest absolute Gasteiger partial charge is 0.397 e. The van der Waals surface area contributed by atoms with Gasteiger partial charge in [0, 0.05) is 5.39 Å². The Hall–Kier alpha value is -2.41. The summed E-state index contributed by atoms with van der Waals surface area (Å²) in [7, 11) is 0. The molecule has 0 saturated heterocycles. The van der Waals surface area contributed by atoms with Gasteiger partial charge in [-0.25, -0.2) is 0 Å². The number of amides is 1. The summed E-state index contributed by atoms with van der Waals surface area (Å²) in [4.78, 5) is 14.8. The first-order valence-electron chi connectivity index (χ1n) is 5.27. The van der Waals surface area contributed by atoms with Crippen LogP contribution in [0.4, 0.5) is 5.69 Å². The zero-order valence-electron chi connectivity index (χ0n) is 9.50. The summed E-state index contributed by atoms with van der Waals surface area (Å²) in [6.07, 6.45) is 0. The number of nitrogen functional groups attached to an aromatic ring is 1. The molecule has 1 aromatic heterocycles. The fourth-order valence-electron chi connectivity index (χ4n) is 1.61. The molecule has 1 amide bonds. The number of nitrogens with two attached hydrogens (primary N) is 1. The van der Waals surface area contributed by atoms with Crippen LogP contribution >= 0.6 is 0 Å². The molecule has 0 saturated carbocycles. The third-order valence-electron chi connectivity index (χ3n) is 2.45. The number of fused-ring (bicyclic) bond motifs is 1. The molecular weight excluding hydrogens is 214 g/mol. The number of hydrogen-bond acceptors (Lipinski definition) is 2. The van der Waals surface area contributed by atoms with E-state index in [-0.39, 0.29) is 5.91 Å². The Morgan fingerprint density at radius 3 is 3.06 bits per heavy atom. The maximum absolute atomic E-state index is 11.7. The van der Waals surface area contributed by atoms with E-state index in [4.69, 9.17) is 5.73 Å². The van der Waals surface area contributed by atoms with E-state index in [9.17, 15) is 4.79 Å². The molecule has 0 bridgehead atoms. The molecule has 0 aliphatic carbocycles. The van der Waals surface area contributed by atoms with Crippen LogP contribution in [0.15, 0.2) is 24.3 Å². The van der Waals surface area contributed by atoms with Crippen LogP contribution in [0.1, 0.15) is 17.4 Å². The molecule has 4 N–H and O–H groups in total. The highest BCUT2D eigenvalue weighted by Gasteiger charge is 2.09. The van der Waals surface area contributed by atoms with E-state index in [1.165, 1.54) is 0 Å². The second kappa shape index (κ2) is 4.62. The quantitative estimate of drug-likeness (QED) is 0.537. The van der Waals surface area contributed by atoms with Crippen molar-refractivity contribution >= 4 is 22.5 Å². The predicted octanol–water partition coefficient (Wildman–Crippen LogP) is 1.50. The van der Waals surface area contributed by atoms with Gasteiger partial charge in [-0.3, -0.25) is 4.79 Å². The molecule has 0 radical (unpaired) electrons. The van der Waals surface area contributed by atoms with Gasteiger partial charge in [-0.15, -0.1) is 5.92 Å². The van der Waals surface area contributed by atoms with Crippen LogP contribution in [0.3, 0.4) is 0 Å². The molecule has 0 atom stereocenters. The molecule has 1 heterocycles. The minimum atomic E-state index is -0.177. The van der Waals surface area contributed by atoms with Crippen molar-refractivity contribution in [3.8, 4) is 11.8 Å². The molecule has 0 unspecified atom stereocenters. The lowest BCUT2D eigenvalue weighted by Crippen LogP contribution is -2.23. The monoisotopic (exact) mass is 227 g/mol. The molecule has 17 heavy (non-hydrogen) atoms. The lowest BCUT2D eigenvalue weighted by atomic mass is 10.2. The number of benzene rings is 1. The number of H-pyrrole nitrogens is 1. The van der Waals surface area contributed by atoms with Crippen molar-refractivity contribution < 1.29 is 4.79 Å². The van der Waals surface area contributed by atoms with Gasteiger partial charge in [0.2, 0.25) is 0 Å². The average Bonchev–Trinajstić information content (AvgIpc) is 2.75. The van der Waals surface area contributed by atoms with E-state index in [1.54, 1.807) is 19.1 Å². The summed E-state index contributed by atoms with van der Waals surface area (Å²) in [6.45, 7) is 2.08. The molecule has 2 aromatic rings. The van der Waals surface area contributed by atoms with Crippen LogP contribution in [-0.2, 0) is 0 Å². The summed E-state index contributed by atoms with van der Waals surface area (Å²) in [6, 6.07) is 7.34. The lowest BCUT2D eigenvalue weighted by molar-refractivity contribution is 0.0954. The summed E-state index contributed by atoms with van der Waals surface area (Å²) >= 11 is 0. The zero-order chi connectivity index (χ0) is 12.3. The number of carbonyl (C=O) groups excluding carboxylic acids is 1. The van der Waals surface area contributed by atoms with Crippen LogP contribution in [0.2, 0.25) is 0 Å². The number of rotatable bonds is 2. The molecule has 2 rings (SSSR count). The fraction of sp³-hybridized carbons (Fsp3) is 0.154. The van der Waals surface area contributed by atoms with E-state index in [1.807, 2.05) is 12.1 Å². The first kappa shape index (κ1) is 11.1. The van der Waals surface area contributed by atoms with Crippen molar-refractivity contribution in [2.75, 3.05) is 12.3 Å². The molecule has 1 aromatic carbocycles. The van der Waals surface area contributed by atoms with Crippen molar-refractivity contribution in [2.45, 2.75) is 6.92 Å². The number of hydrogen-bond donors (Lipinski definition) is 3. The first-order valence-corrected chi connectivity index (χ1v) is 5.27. The standard InChI is InChI=1S/C13H13N3O/c1-2-3-7-15-13(17)11-8-9-5-4-6-10(14)12(9)16-11/h4-6,8,16H,7,14H2,1H3,(H,15,17). The highest BCUT2D eigenvalue weighted by atomic mass is 16.1. The molecular formula is C13H13N3O. The van der Waals surface area contributed by atoms with E-state index in [0.29, 0.717) is 17.9 Å². The number of anilines is 1. The van der Waals surface area contributed by atoms with Crippen molar-refractivity contribution in [2.24, 2.45) is 0 Å². The van der Waals surface area contributed by atoms with E-state index in [0.717, 1.165) is 10.9 Å². The smallest absolute Gasteiger partial charge is 0.268 e. The Balaban J connectivity index is 2.26. The molecule has 0 aliphatic rings. The zero-order valence-corrected chi connectivity index (χ0v) is 9.50. The Kier molecular flexibility index (Phi) is 3.01. The highest BCUT2D eigenvalue weighted by Crippen LogP contribution is 2.20. The van der Waals surface area contributed by atoms with Gasteiger partial charge in [-0.05, 0) is 19.1 Å². The van der Waals surface area contributed by atoms with Crippen LogP contribution in [0.5, 0.6) is 0 Å². The van der Waals surface area contributed by atoms with Crippen molar-refractivity contribution in [3.63, 3.8) is 0 Å². The van der Waals surface area contributed by atoms with E-state index in [2.05, 4.69) is 22.1 Å². The average molecular weight is 227 g/mol. The molecule has 0 fully saturated rings. The van der Waals surface area contributed by atoms with Gasteiger partial charge >= 0.3 is 0 Å². The number of aromatic amines is 1. The van der Waals surface area contributed by atoms with Crippen LogP contribution in [0.25, 0.3) is 10.9 Å². The van der Waals surface area contributed by atoms with Gasteiger partial charge in [-0.1, -0.05) is 18.1 Å². The van der Waals surface area contributed by atoms with Gasteiger partial charge in [0.05, 0.1) is 17.7 Å². The second-order valence-electron chi connectivity index (χ2n) is 3.60. The van der Waals surface area contributed by atoms with Gasteiger partial charge in [0.15, 0.2) is 0 Å². The maximum Gasteiger partial charge on any atom is 0.268 e. The third-order valence-corrected chi connectivity index (χ3v) is 2.45. The van der Waals surface area contributed by atoms with Gasteiger partial charge in [-0.2, -0.15) is 0 Å². The molecule has 0 spiro atoms. The predicted molar refractivity (Wildman–Crippen MR) is 68.5 cm³/mol. The van der Waals surface area contributed by atoms with Crippen LogP contribution in [-0.4, -0.2) is 17.4 Å². The Morgan fingerprint density at radius 2 is 2.35 bits per heavy atom. The number of nitrogens with one attached hydrogen (secondary N) is 2. The van der Waals surface area contributed by atoms with E-state index < -0.39 is 0 Å². The van der Waals surface area contributed by atoms with Crippen LogP contribution < -0.4 is 11.1 Å². The van der Waals surface area contributed by atoms with Crippen LogP contribution in [0, 0.1) is 11.8 Å². The molecule has 0 aliphatic heterocycles. The first-order chi connectivity index (χ1) is 8.22. The lowest BCUT2D eigenvalue weighted by Gasteiger charge is -1.97. The normalized spacial score (nSPS) is 9.71. The second-order valence-corrected chi connectivity index (χ2v) is 3.60. The van der Waals surface area contributed by atoms with Crippen molar-refractivity contribution in [1.29, 1.82) is 0 Å². The summed E-state index contributed by atoms with van der Waals surface area (Å²) in [5, 5.41) is 3.62. The molecule has 86 valence electrons. The van der Waals surface area contributed by atoms with Crippen molar-refractivity contribution in [3.05, 3.63) is 30.0 Å². The van der Waals surface area contributed by atoms with Gasteiger partial charge in [0.25, 0.3) is 5.91 Å². The van der Waals surface area contributed by atoms with Crippen molar-refractivity contribution in [1.82, 2.24) is 10.3 Å². The Morgan fingerprint density at radius 1 is 1.53 bits per heavy atom. The van der Waals surface area contributed by atoms with Gasteiger partial charge in [0.1, 0.15) is 5.69 Å². The molecule has 4 heteroatoms. The number of carbonyl (C=O) groups is 1. The summed E-state index contributed by atoms with van der Waals surface area (Å²) in [5.41, 5.74) is 7.73. The molecule has 4 nitrogen and oxygen atoms in total. The minimum Gasteiger partial charge on any atom is -0.397 e. The Labute approximate surface area is 99.2 Å². The number of para-hydroxylation sites is 1. The maximum atomic E-state index is 11.7. The summed E-state index contributed by atoms with van der Waals surface area (Å²) in [5.74, 6) is 5.31.